The van der Waals surface area contributed by atoms with Crippen LogP contribution in [0, 0.1) is 6.92 Å². The number of rotatable bonds is 8. The van der Waals surface area contributed by atoms with Gasteiger partial charge in [-0.2, -0.15) is 0 Å². The van der Waals surface area contributed by atoms with E-state index < -0.39 is 0 Å². The lowest BCUT2D eigenvalue weighted by Gasteiger charge is -2.08. The molecule has 0 atom stereocenters. The Morgan fingerprint density at radius 2 is 1.84 bits per heavy atom. The number of thioether (sulfide) groups is 1. The van der Waals surface area contributed by atoms with Gasteiger partial charge in [-0.3, -0.25) is 9.59 Å². The molecule has 2 N–H and O–H groups in total. The minimum Gasteiger partial charge on any atom is -0.497 e. The standard InChI is InChI=1S/C21H22ClN5O3S/c1-13-7-8-15(10-17(13)22)24-20(29)12-31-21-26-25-18(27(21)2)11-19(28)23-14-5-4-6-16(9-14)30-3/h4-10H,11-12H2,1-3H3,(H,23,28)(H,24,29). The van der Waals surface area contributed by atoms with Crippen LogP contribution in [0.4, 0.5) is 11.4 Å². The van der Waals surface area contributed by atoms with Gasteiger partial charge in [-0.1, -0.05) is 35.5 Å². The van der Waals surface area contributed by atoms with Crippen LogP contribution in [-0.4, -0.2) is 39.4 Å². The molecule has 2 aromatic carbocycles. The number of benzene rings is 2. The third kappa shape index (κ3) is 6.22. The molecule has 10 heteroatoms. The number of ether oxygens (including phenoxy) is 1. The average Bonchev–Trinajstić information content (AvgIpc) is 3.08. The van der Waals surface area contributed by atoms with Gasteiger partial charge in [0.1, 0.15) is 11.6 Å². The Hall–Kier alpha value is -3.04. The highest BCUT2D eigenvalue weighted by Gasteiger charge is 2.15. The predicted molar refractivity (Wildman–Crippen MR) is 122 cm³/mol. The topological polar surface area (TPSA) is 98.1 Å². The van der Waals surface area contributed by atoms with Crippen LogP contribution < -0.4 is 15.4 Å². The number of aryl methyl sites for hydroxylation is 1. The highest BCUT2D eigenvalue weighted by Crippen LogP contribution is 2.21. The summed E-state index contributed by atoms with van der Waals surface area (Å²) in [5, 5.41) is 14.9. The van der Waals surface area contributed by atoms with Gasteiger partial charge in [0, 0.05) is 29.5 Å². The van der Waals surface area contributed by atoms with Gasteiger partial charge in [0.15, 0.2) is 5.16 Å². The lowest BCUT2D eigenvalue weighted by Crippen LogP contribution is -2.17. The van der Waals surface area contributed by atoms with Crippen LogP contribution in [0.2, 0.25) is 5.02 Å². The average molecular weight is 460 g/mol. The molecule has 8 nitrogen and oxygen atoms in total. The Kier molecular flexibility index (Phi) is 7.54. The fourth-order valence-electron chi connectivity index (χ4n) is 2.67. The Morgan fingerprint density at radius 1 is 1.10 bits per heavy atom. The van der Waals surface area contributed by atoms with Crippen molar-refractivity contribution in [2.24, 2.45) is 7.05 Å². The molecule has 0 aliphatic heterocycles. The molecular formula is C21H22ClN5O3S. The zero-order chi connectivity index (χ0) is 22.4. The summed E-state index contributed by atoms with van der Waals surface area (Å²) in [6.07, 6.45) is 0.0509. The van der Waals surface area contributed by atoms with Gasteiger partial charge in [-0.25, -0.2) is 0 Å². The van der Waals surface area contributed by atoms with Gasteiger partial charge in [0.2, 0.25) is 11.8 Å². The molecule has 2 amide bonds. The molecule has 3 rings (SSSR count). The number of hydrogen-bond acceptors (Lipinski definition) is 6. The fourth-order valence-corrected chi connectivity index (χ4v) is 3.58. The van der Waals surface area contributed by atoms with Crippen molar-refractivity contribution in [2.45, 2.75) is 18.5 Å². The number of nitrogens with one attached hydrogen (secondary N) is 2. The molecule has 0 aliphatic carbocycles. The van der Waals surface area contributed by atoms with Crippen molar-refractivity contribution < 1.29 is 14.3 Å². The number of anilines is 2. The van der Waals surface area contributed by atoms with Gasteiger partial charge in [0.25, 0.3) is 0 Å². The molecule has 0 saturated carbocycles. The van der Waals surface area contributed by atoms with Crippen molar-refractivity contribution >= 4 is 46.6 Å². The first-order chi connectivity index (χ1) is 14.9. The zero-order valence-corrected chi connectivity index (χ0v) is 18.9. The maximum atomic E-state index is 12.3. The highest BCUT2D eigenvalue weighted by molar-refractivity contribution is 7.99. The smallest absolute Gasteiger partial charge is 0.234 e. The number of carbonyl (C=O) groups excluding carboxylic acids is 2. The summed E-state index contributed by atoms with van der Waals surface area (Å²) < 4.78 is 6.85. The minimum absolute atomic E-state index is 0.0509. The Morgan fingerprint density at radius 3 is 2.58 bits per heavy atom. The highest BCUT2D eigenvalue weighted by atomic mass is 35.5. The SMILES string of the molecule is COc1cccc(NC(=O)Cc2nnc(SCC(=O)Nc3ccc(C)c(Cl)c3)n2C)c1. The Labute approximate surface area is 189 Å². The van der Waals surface area contributed by atoms with Gasteiger partial charge in [0.05, 0.1) is 19.3 Å². The number of halogens is 1. The number of hydrogen-bond donors (Lipinski definition) is 2. The maximum absolute atomic E-state index is 12.3. The molecule has 0 aliphatic rings. The fraction of sp³-hybridized carbons (Fsp3) is 0.238. The van der Waals surface area contributed by atoms with E-state index in [1.165, 1.54) is 11.8 Å². The molecule has 3 aromatic rings. The molecule has 0 fully saturated rings. The maximum Gasteiger partial charge on any atom is 0.234 e. The van der Waals surface area contributed by atoms with Crippen molar-refractivity contribution in [1.82, 2.24) is 14.8 Å². The first kappa shape index (κ1) is 22.6. The number of methoxy groups -OCH3 is 1. The summed E-state index contributed by atoms with van der Waals surface area (Å²) in [4.78, 5) is 24.6. The summed E-state index contributed by atoms with van der Waals surface area (Å²) >= 11 is 7.32. The molecule has 0 bridgehead atoms. The van der Waals surface area contributed by atoms with Gasteiger partial charge in [-0.15, -0.1) is 10.2 Å². The van der Waals surface area contributed by atoms with E-state index >= 15 is 0 Å². The second kappa shape index (κ2) is 10.3. The second-order valence-electron chi connectivity index (χ2n) is 6.72. The lowest BCUT2D eigenvalue weighted by atomic mass is 10.2. The molecule has 0 saturated heterocycles. The third-order valence-corrected chi connectivity index (χ3v) is 5.81. The van der Waals surface area contributed by atoms with E-state index in [4.69, 9.17) is 16.3 Å². The van der Waals surface area contributed by atoms with Crippen molar-refractivity contribution in [3.8, 4) is 5.75 Å². The summed E-state index contributed by atoms with van der Waals surface area (Å²) in [7, 11) is 3.32. The van der Waals surface area contributed by atoms with Crippen LogP contribution in [0.1, 0.15) is 11.4 Å². The largest absolute Gasteiger partial charge is 0.497 e. The van der Waals surface area contributed by atoms with E-state index in [2.05, 4.69) is 20.8 Å². The Bertz CT molecular complexity index is 1100. The summed E-state index contributed by atoms with van der Waals surface area (Å²) in [6.45, 7) is 1.90. The summed E-state index contributed by atoms with van der Waals surface area (Å²) in [5.41, 5.74) is 2.21. The predicted octanol–water partition coefficient (Wildman–Crippen LogP) is 3.70. The van der Waals surface area contributed by atoms with E-state index in [0.717, 1.165) is 5.56 Å². The van der Waals surface area contributed by atoms with Crippen LogP contribution in [-0.2, 0) is 23.1 Å². The number of nitrogens with zero attached hydrogens (tertiary/aromatic N) is 3. The van der Waals surface area contributed by atoms with E-state index in [0.29, 0.717) is 33.1 Å². The van der Waals surface area contributed by atoms with Crippen LogP contribution >= 0.6 is 23.4 Å². The molecule has 162 valence electrons. The number of amides is 2. The zero-order valence-electron chi connectivity index (χ0n) is 17.3. The Balaban J connectivity index is 1.53. The van der Waals surface area contributed by atoms with Crippen LogP contribution in [0.5, 0.6) is 5.75 Å². The number of aromatic nitrogens is 3. The first-order valence-electron chi connectivity index (χ1n) is 9.36. The minimum atomic E-state index is -0.228. The normalized spacial score (nSPS) is 10.6. The lowest BCUT2D eigenvalue weighted by molar-refractivity contribution is -0.116. The van der Waals surface area contributed by atoms with Crippen LogP contribution in [0.3, 0.4) is 0 Å². The molecular weight excluding hydrogens is 438 g/mol. The van der Waals surface area contributed by atoms with Crippen LogP contribution in [0.25, 0.3) is 0 Å². The van der Waals surface area contributed by atoms with E-state index in [-0.39, 0.29) is 24.0 Å². The first-order valence-corrected chi connectivity index (χ1v) is 10.7. The second-order valence-corrected chi connectivity index (χ2v) is 8.07. The third-order valence-electron chi connectivity index (χ3n) is 4.39. The monoisotopic (exact) mass is 459 g/mol. The summed E-state index contributed by atoms with van der Waals surface area (Å²) in [5.74, 6) is 0.877. The molecule has 31 heavy (non-hydrogen) atoms. The van der Waals surface area contributed by atoms with Gasteiger partial charge in [-0.05, 0) is 36.8 Å². The van der Waals surface area contributed by atoms with Crippen molar-refractivity contribution in [1.29, 1.82) is 0 Å². The van der Waals surface area contributed by atoms with E-state index in [9.17, 15) is 9.59 Å². The van der Waals surface area contributed by atoms with Crippen molar-refractivity contribution in [3.63, 3.8) is 0 Å². The number of carbonyl (C=O) groups is 2. The molecule has 1 heterocycles. The molecule has 1 aromatic heterocycles. The van der Waals surface area contributed by atoms with Gasteiger partial charge >= 0.3 is 0 Å². The molecule has 0 unspecified atom stereocenters. The van der Waals surface area contributed by atoms with Crippen LogP contribution in [0.15, 0.2) is 47.6 Å². The van der Waals surface area contributed by atoms with Crippen molar-refractivity contribution in [3.05, 3.63) is 58.9 Å². The van der Waals surface area contributed by atoms with E-state index in [1.54, 1.807) is 55.1 Å². The molecule has 0 radical (unpaired) electrons. The van der Waals surface area contributed by atoms with E-state index in [1.807, 2.05) is 13.0 Å². The van der Waals surface area contributed by atoms with Crippen molar-refractivity contribution in [2.75, 3.05) is 23.5 Å². The quantitative estimate of drug-likeness (QED) is 0.498. The molecule has 0 spiro atoms. The summed E-state index contributed by atoms with van der Waals surface area (Å²) in [6, 6.07) is 12.4. The van der Waals surface area contributed by atoms with Gasteiger partial charge < -0.3 is 19.9 Å².